The van der Waals surface area contributed by atoms with E-state index in [-0.39, 0.29) is 28.8 Å². The monoisotopic (exact) mass is 324 g/mol. The molecule has 1 atom stereocenters. The average molecular weight is 324 g/mol. The molecule has 1 amide bonds. The molecule has 1 fully saturated rings. The van der Waals surface area contributed by atoms with Gasteiger partial charge in [0.05, 0.1) is 11.6 Å². The van der Waals surface area contributed by atoms with Gasteiger partial charge in [-0.2, -0.15) is 0 Å². The highest BCUT2D eigenvalue weighted by atomic mass is 32.2. The van der Waals surface area contributed by atoms with E-state index in [1.54, 1.807) is 12.1 Å². The van der Waals surface area contributed by atoms with Gasteiger partial charge in [0.25, 0.3) is 15.9 Å². The van der Waals surface area contributed by atoms with Crippen molar-refractivity contribution in [3.05, 3.63) is 30.2 Å². The summed E-state index contributed by atoms with van der Waals surface area (Å²) in [4.78, 5) is 16.1. The number of aliphatic hydroxyl groups is 1. The van der Waals surface area contributed by atoms with Gasteiger partial charge in [-0.25, -0.2) is 18.5 Å². The smallest absolute Gasteiger partial charge is 0.287 e. The maximum Gasteiger partial charge on any atom is 0.287 e. The van der Waals surface area contributed by atoms with Crippen LogP contribution in [0.5, 0.6) is 0 Å². The fourth-order valence-electron chi connectivity index (χ4n) is 2.30. The molecule has 0 radical (unpaired) electrons. The molecule has 2 aromatic heterocycles. The lowest BCUT2D eigenvalue weighted by atomic mass is 10.2. The Morgan fingerprint density at radius 3 is 2.86 bits per heavy atom. The number of amides is 1. The molecule has 2 heterocycles. The van der Waals surface area contributed by atoms with Gasteiger partial charge in [-0.05, 0) is 30.9 Å². The number of carbonyl (C=O) groups excluding carboxylic acids is 1. The zero-order valence-corrected chi connectivity index (χ0v) is 12.5. The third-order valence-corrected chi connectivity index (χ3v) is 4.46. The third kappa shape index (κ3) is 2.82. The number of nitrogens with zero attached hydrogens (tertiary/aromatic N) is 2. The van der Waals surface area contributed by atoms with E-state index in [2.05, 4.69) is 10.3 Å². The molecule has 1 aliphatic carbocycles. The molecule has 3 rings (SSSR count). The second-order valence-electron chi connectivity index (χ2n) is 5.36. The summed E-state index contributed by atoms with van der Waals surface area (Å²) in [5.74, 6) is -0.407. The minimum Gasteiger partial charge on any atom is -0.391 e. The number of rotatable bonds is 5. The highest BCUT2D eigenvalue weighted by Crippen LogP contribution is 2.32. The topological polar surface area (TPSA) is 127 Å². The predicted molar refractivity (Wildman–Crippen MR) is 77.6 cm³/mol. The Kier molecular flexibility index (Phi) is 3.63. The summed E-state index contributed by atoms with van der Waals surface area (Å²) >= 11 is 0. The van der Waals surface area contributed by atoms with Crippen LogP contribution in [0.4, 0.5) is 0 Å². The summed E-state index contributed by atoms with van der Waals surface area (Å²) in [6.07, 6.45) is 2.86. The molecule has 0 saturated heterocycles. The Balaban J connectivity index is 1.91. The van der Waals surface area contributed by atoms with Gasteiger partial charge < -0.3 is 10.4 Å². The van der Waals surface area contributed by atoms with Gasteiger partial charge in [0.15, 0.2) is 5.03 Å². The van der Waals surface area contributed by atoms with Crippen LogP contribution in [0.25, 0.3) is 5.52 Å². The fourth-order valence-corrected chi connectivity index (χ4v) is 2.97. The lowest BCUT2D eigenvalue weighted by molar-refractivity contribution is 0.0890. The van der Waals surface area contributed by atoms with Gasteiger partial charge in [-0.15, -0.1) is 0 Å². The average Bonchev–Trinajstić information content (AvgIpc) is 3.23. The zero-order chi connectivity index (χ0) is 15.9. The number of fused-ring (bicyclic) bond motifs is 1. The van der Waals surface area contributed by atoms with Crippen molar-refractivity contribution in [1.82, 2.24) is 14.7 Å². The van der Waals surface area contributed by atoms with Gasteiger partial charge in [0, 0.05) is 12.7 Å². The maximum atomic E-state index is 12.2. The van der Waals surface area contributed by atoms with Crippen molar-refractivity contribution in [1.29, 1.82) is 0 Å². The molecule has 0 spiro atoms. The minimum atomic E-state index is -4.04. The number of aromatic nitrogens is 2. The highest BCUT2D eigenvalue weighted by molar-refractivity contribution is 7.89. The predicted octanol–water partition coefficient (Wildman–Crippen LogP) is -0.518. The number of pyridine rings is 1. The Bertz CT molecular complexity index is 826. The quantitative estimate of drug-likeness (QED) is 0.682. The summed E-state index contributed by atoms with van der Waals surface area (Å²) in [5, 5.41) is 17.1. The van der Waals surface area contributed by atoms with Crippen LogP contribution in [-0.4, -0.2) is 41.5 Å². The van der Waals surface area contributed by atoms with Gasteiger partial charge >= 0.3 is 0 Å². The number of hydrogen-bond donors (Lipinski definition) is 3. The standard InChI is InChI=1S/C13H16N4O4S/c14-22(20,21)13-9-3-1-2-6-17(9)11(16-13)12(19)15-7-10(18)8-4-5-8/h1-3,6,8,10,18H,4-5,7H2,(H,15,19)(H2,14,20,21). The molecule has 0 aromatic carbocycles. The highest BCUT2D eigenvalue weighted by Gasteiger charge is 2.30. The van der Waals surface area contributed by atoms with E-state index in [0.717, 1.165) is 12.8 Å². The number of nitrogens with one attached hydrogen (secondary N) is 1. The largest absolute Gasteiger partial charge is 0.391 e. The number of primary sulfonamides is 1. The van der Waals surface area contributed by atoms with Crippen LogP contribution in [-0.2, 0) is 10.0 Å². The molecule has 8 nitrogen and oxygen atoms in total. The third-order valence-electron chi connectivity index (χ3n) is 3.63. The zero-order valence-electron chi connectivity index (χ0n) is 11.6. The molecule has 1 saturated carbocycles. The summed E-state index contributed by atoms with van der Waals surface area (Å²) in [6, 6.07) is 4.80. The van der Waals surface area contributed by atoms with Crippen LogP contribution in [0.2, 0.25) is 0 Å². The van der Waals surface area contributed by atoms with Crippen LogP contribution < -0.4 is 10.5 Å². The number of nitrogens with two attached hydrogens (primary N) is 1. The molecule has 4 N–H and O–H groups in total. The van der Waals surface area contributed by atoms with E-state index in [9.17, 15) is 18.3 Å². The molecular weight excluding hydrogens is 308 g/mol. The lowest BCUT2D eigenvalue weighted by Crippen LogP contribution is -2.34. The first-order chi connectivity index (χ1) is 10.4. The van der Waals surface area contributed by atoms with E-state index in [1.807, 2.05) is 0 Å². The Morgan fingerprint density at radius 2 is 2.23 bits per heavy atom. The SMILES string of the molecule is NS(=O)(=O)c1nc(C(=O)NCC(O)C2CC2)n2ccccc12. The number of carbonyl (C=O) groups is 1. The lowest BCUT2D eigenvalue weighted by Gasteiger charge is -2.09. The second-order valence-corrected chi connectivity index (χ2v) is 6.83. The number of imidazole rings is 1. The molecule has 1 unspecified atom stereocenters. The van der Waals surface area contributed by atoms with Gasteiger partial charge in [0.2, 0.25) is 5.82 Å². The summed E-state index contributed by atoms with van der Waals surface area (Å²) in [7, 11) is -4.04. The van der Waals surface area contributed by atoms with Crippen molar-refractivity contribution in [2.75, 3.05) is 6.54 Å². The van der Waals surface area contributed by atoms with E-state index >= 15 is 0 Å². The van der Waals surface area contributed by atoms with E-state index in [1.165, 1.54) is 16.7 Å². The molecule has 22 heavy (non-hydrogen) atoms. The van der Waals surface area contributed by atoms with Crippen molar-refractivity contribution >= 4 is 21.4 Å². The van der Waals surface area contributed by atoms with Crippen molar-refractivity contribution < 1.29 is 18.3 Å². The molecule has 0 bridgehead atoms. The van der Waals surface area contributed by atoms with Crippen LogP contribution in [0.1, 0.15) is 23.5 Å². The van der Waals surface area contributed by atoms with E-state index in [4.69, 9.17) is 5.14 Å². The Labute approximate surface area is 127 Å². The maximum absolute atomic E-state index is 12.2. The minimum absolute atomic E-state index is 0.0809. The van der Waals surface area contributed by atoms with Gasteiger partial charge in [0.1, 0.15) is 0 Å². The van der Waals surface area contributed by atoms with Crippen LogP contribution in [0.3, 0.4) is 0 Å². The normalized spacial score (nSPS) is 16.6. The number of sulfonamides is 1. The molecule has 0 aliphatic heterocycles. The fraction of sp³-hybridized carbons (Fsp3) is 0.385. The molecule has 2 aromatic rings. The summed E-state index contributed by atoms with van der Waals surface area (Å²) in [6.45, 7) is 0.107. The van der Waals surface area contributed by atoms with Crippen LogP contribution in [0.15, 0.2) is 29.4 Å². The van der Waals surface area contributed by atoms with Gasteiger partial charge in [-0.3, -0.25) is 9.20 Å². The molecule has 1 aliphatic rings. The summed E-state index contributed by atoms with van der Waals surface area (Å²) in [5.41, 5.74) is 0.234. The first-order valence-electron chi connectivity index (χ1n) is 6.84. The van der Waals surface area contributed by atoms with Gasteiger partial charge in [-0.1, -0.05) is 6.07 Å². The Hall–Kier alpha value is -1.97. The molecular formula is C13H16N4O4S. The van der Waals surface area contributed by atoms with Crippen molar-refractivity contribution in [2.45, 2.75) is 24.0 Å². The van der Waals surface area contributed by atoms with E-state index < -0.39 is 22.0 Å². The van der Waals surface area contributed by atoms with Crippen molar-refractivity contribution in [3.63, 3.8) is 0 Å². The summed E-state index contributed by atoms with van der Waals surface area (Å²) < 4.78 is 24.5. The van der Waals surface area contributed by atoms with Crippen LogP contribution in [0, 0.1) is 5.92 Å². The van der Waals surface area contributed by atoms with E-state index in [0.29, 0.717) is 0 Å². The molecule has 118 valence electrons. The first kappa shape index (κ1) is 14.9. The number of aliphatic hydroxyl groups excluding tert-OH is 1. The first-order valence-corrected chi connectivity index (χ1v) is 8.38. The van der Waals surface area contributed by atoms with Crippen LogP contribution >= 0.6 is 0 Å². The Morgan fingerprint density at radius 1 is 1.50 bits per heavy atom. The number of hydrogen-bond acceptors (Lipinski definition) is 5. The molecule has 9 heteroatoms. The van der Waals surface area contributed by atoms with Crippen molar-refractivity contribution in [3.8, 4) is 0 Å². The second kappa shape index (κ2) is 5.34. The van der Waals surface area contributed by atoms with Crippen molar-refractivity contribution in [2.24, 2.45) is 11.1 Å².